The van der Waals surface area contributed by atoms with Gasteiger partial charge in [-0.1, -0.05) is 19.7 Å². The lowest BCUT2D eigenvalue weighted by Crippen LogP contribution is -2.62. The molecule has 12 aliphatic rings. The Morgan fingerprint density at radius 1 is 0.309 bits per heavy atom. The molecule has 6 spiro atoms. The molecule has 12 aliphatic heterocycles. The number of ketones is 2. The number of nitrogens with zero attached hydrogens (tertiary/aromatic N) is 12. The van der Waals surface area contributed by atoms with Crippen LogP contribution in [-0.4, -0.2) is 329 Å². The lowest BCUT2D eigenvalue weighted by Gasteiger charge is -2.55. The van der Waals surface area contributed by atoms with Gasteiger partial charge in [0.2, 0.25) is 0 Å². The van der Waals surface area contributed by atoms with Gasteiger partial charge in [0.1, 0.15) is 11.6 Å². The molecule has 0 atom stereocenters. The molecule has 97 heavy (non-hydrogen) atoms. The molecular weight excluding hydrogens is 1220 g/mol. The maximum atomic E-state index is 11.2. The number of likely N-dealkylation sites (tertiary alicyclic amines) is 12. The van der Waals surface area contributed by atoms with E-state index in [-0.39, 0.29) is 6.54 Å². The fourth-order valence-corrected chi connectivity index (χ4v) is 18.6. The van der Waals surface area contributed by atoms with Crippen molar-refractivity contribution in [2.45, 2.75) is 217 Å². The zero-order valence-electron chi connectivity index (χ0n) is 64.6. The third kappa shape index (κ3) is 24.0. The van der Waals surface area contributed by atoms with E-state index in [4.69, 9.17) is 15.3 Å². The summed E-state index contributed by atoms with van der Waals surface area (Å²) in [6.45, 7) is 75.2. The van der Waals surface area contributed by atoms with Crippen molar-refractivity contribution >= 4 is 17.5 Å². The molecule has 19 heteroatoms. The molecule has 0 bridgehead atoms. The third-order valence-electron chi connectivity index (χ3n) is 24.9. The summed E-state index contributed by atoms with van der Waals surface area (Å²) in [5.74, 6) is 0.800. The van der Waals surface area contributed by atoms with E-state index in [2.05, 4.69) is 169 Å². The molecule has 0 unspecified atom stereocenters. The number of aliphatic carboxylic acids is 1. The second kappa shape index (κ2) is 35.0. The number of hydrogen-bond donors (Lipinski definition) is 4. The summed E-state index contributed by atoms with van der Waals surface area (Å²) in [5.41, 5.74) is 3.48. The molecule has 12 saturated heterocycles. The van der Waals surface area contributed by atoms with Gasteiger partial charge in [0.05, 0.1) is 56.5 Å². The predicted molar refractivity (Wildman–Crippen MR) is 398 cm³/mol. The normalized spacial score (nSPS) is 25.9. The Balaban J connectivity index is 0.000000164. The zero-order valence-corrected chi connectivity index (χ0v) is 64.6. The molecule has 12 heterocycles. The zero-order chi connectivity index (χ0) is 71.5. The summed E-state index contributed by atoms with van der Waals surface area (Å²) >= 11 is 0. The number of carbonyl (C=O) groups excluding carboxylic acids is 2. The van der Waals surface area contributed by atoms with Gasteiger partial charge in [-0.15, -0.1) is 0 Å². The number of Topliss-reactive ketones (excluding diaryl/α,β-unsaturated/α-hetero) is 2. The quantitative estimate of drug-likeness (QED) is 0.101. The van der Waals surface area contributed by atoms with E-state index in [1.165, 1.54) is 142 Å². The van der Waals surface area contributed by atoms with Crippen LogP contribution in [0.5, 0.6) is 0 Å². The van der Waals surface area contributed by atoms with Crippen LogP contribution in [0, 0.1) is 32.5 Å². The van der Waals surface area contributed by atoms with Crippen LogP contribution in [0.4, 0.5) is 0 Å². The number of aliphatic hydroxyl groups excluding tert-OH is 3. The molecule has 12 fully saturated rings. The lowest BCUT2D eigenvalue weighted by molar-refractivity contribution is -0.138. The first-order chi connectivity index (χ1) is 45.3. The van der Waals surface area contributed by atoms with Crippen molar-refractivity contribution in [1.82, 2.24) is 58.8 Å². The maximum Gasteiger partial charge on any atom is 0.317 e. The van der Waals surface area contributed by atoms with Gasteiger partial charge >= 0.3 is 5.97 Å². The minimum atomic E-state index is -0.702. The molecule has 12 rings (SSSR count). The second-order valence-electron chi connectivity index (χ2n) is 36.2. The highest BCUT2D eigenvalue weighted by molar-refractivity contribution is 5.78. The Kier molecular flexibility index (Phi) is 29.3. The topological polar surface area (TPSA) is 171 Å². The van der Waals surface area contributed by atoms with E-state index in [1.54, 1.807) is 13.8 Å². The highest BCUT2D eigenvalue weighted by Gasteiger charge is 2.51. The molecule has 558 valence electrons. The molecular formula is C78H144N12O7. The van der Waals surface area contributed by atoms with Gasteiger partial charge in [-0.25, -0.2) is 0 Å². The average Bonchev–Trinajstić information content (AvgIpc) is 1.77. The van der Waals surface area contributed by atoms with Crippen molar-refractivity contribution in [3.8, 4) is 0 Å². The van der Waals surface area contributed by atoms with Gasteiger partial charge in [-0.05, 0) is 281 Å². The Labute approximate surface area is 591 Å². The second-order valence-corrected chi connectivity index (χ2v) is 36.2. The SMILES string of the molecule is C=C(O)CN1CC2(CCN(C(C)C)C2)C1.C=C(O)CN1CC2(CCN(C(C)C)CC2)C1.C=C(O)CN1CCC2(CC1)CN(C(C)C)C2.CC(=O)CN1CCC2(CC1)CCN(C(C)C)C2.CC(=O)CN1CCC2(CCN(C(C)(C)C)CC2)C1.CC(C)N1CC2(CCN(CC(=O)O)C2)C1. The highest BCUT2D eigenvalue weighted by atomic mass is 16.4. The van der Waals surface area contributed by atoms with Crippen molar-refractivity contribution in [2.24, 2.45) is 32.5 Å². The van der Waals surface area contributed by atoms with E-state index in [0.29, 0.717) is 130 Å². The summed E-state index contributed by atoms with van der Waals surface area (Å²) in [5, 5.41) is 36.2. The highest BCUT2D eigenvalue weighted by Crippen LogP contribution is 2.46. The Morgan fingerprint density at radius 2 is 0.557 bits per heavy atom. The van der Waals surface area contributed by atoms with Gasteiger partial charge in [0.25, 0.3) is 0 Å². The van der Waals surface area contributed by atoms with Crippen molar-refractivity contribution in [3.63, 3.8) is 0 Å². The van der Waals surface area contributed by atoms with Crippen LogP contribution in [0.25, 0.3) is 0 Å². The molecule has 19 nitrogen and oxygen atoms in total. The smallest absolute Gasteiger partial charge is 0.317 e. The van der Waals surface area contributed by atoms with Gasteiger partial charge in [0, 0.05) is 125 Å². The summed E-state index contributed by atoms with van der Waals surface area (Å²) in [6.07, 6.45) is 15.5. The average molecular weight is 1360 g/mol. The summed E-state index contributed by atoms with van der Waals surface area (Å²) in [7, 11) is 0. The summed E-state index contributed by atoms with van der Waals surface area (Å²) in [4.78, 5) is 61.9. The van der Waals surface area contributed by atoms with Crippen LogP contribution in [0.3, 0.4) is 0 Å². The van der Waals surface area contributed by atoms with Crippen LogP contribution >= 0.6 is 0 Å². The van der Waals surface area contributed by atoms with Crippen molar-refractivity contribution < 1.29 is 34.8 Å². The molecule has 0 aromatic rings. The predicted octanol–water partition coefficient (Wildman–Crippen LogP) is 9.62. The van der Waals surface area contributed by atoms with Crippen LogP contribution in [0.1, 0.15) is 181 Å². The first kappa shape index (κ1) is 81.3. The summed E-state index contributed by atoms with van der Waals surface area (Å²) < 4.78 is 0. The van der Waals surface area contributed by atoms with E-state index in [1.807, 2.05) is 0 Å². The number of carboxylic acid groups (broad SMARTS) is 1. The van der Waals surface area contributed by atoms with Crippen molar-refractivity contribution in [1.29, 1.82) is 0 Å². The molecule has 0 aromatic heterocycles. The maximum absolute atomic E-state index is 11.2. The van der Waals surface area contributed by atoms with E-state index in [9.17, 15) is 19.5 Å². The molecule has 0 aliphatic carbocycles. The number of aliphatic hydroxyl groups is 3. The fraction of sp³-hybridized carbons (Fsp3) is 0.885. The Hall–Kier alpha value is -3.05. The van der Waals surface area contributed by atoms with Crippen LogP contribution in [-0.2, 0) is 14.4 Å². The number of rotatable bonds is 17. The molecule has 0 amide bonds. The number of hydrogen-bond acceptors (Lipinski definition) is 18. The number of carbonyl (C=O) groups is 3. The number of carboxylic acids is 1. The summed E-state index contributed by atoms with van der Waals surface area (Å²) in [6, 6.07) is 3.37. The van der Waals surface area contributed by atoms with Gasteiger partial charge in [0.15, 0.2) is 0 Å². The van der Waals surface area contributed by atoms with Crippen LogP contribution < -0.4 is 0 Å². The minimum Gasteiger partial charge on any atom is -0.512 e. The largest absolute Gasteiger partial charge is 0.512 e. The van der Waals surface area contributed by atoms with Crippen LogP contribution in [0.15, 0.2) is 37.0 Å². The Morgan fingerprint density at radius 3 is 0.959 bits per heavy atom. The fourth-order valence-electron chi connectivity index (χ4n) is 18.6. The minimum absolute atomic E-state index is 0.212. The number of piperidine rings is 4. The lowest BCUT2D eigenvalue weighted by atomic mass is 9.71. The Bertz CT molecular complexity index is 2510. The van der Waals surface area contributed by atoms with Gasteiger partial charge in [-0.2, -0.15) is 0 Å². The molecule has 4 N–H and O–H groups in total. The standard InChI is InChI=1S/C15H28N2O.C14H26N2O.2C13H24N2O.C12H22N2O.C11H20N2O2/c1-13(18)11-16-8-5-15(12-16)6-9-17(10-7-15)14(2,3)4;1-12(2)16-9-6-14(11-16)4-7-15(8-5-14)10-13(3)17;1-11(2)15-6-4-13(5-7-15)9-14(10-13)8-12(3)16;1-11(2)15-9-13(10-15)4-6-14(7-5-13)8-12(3)16;1-10(2)14-5-4-12(9-14)7-13(8-12)6-11(3)15;1-9(2)13-7-11(8-13)3-4-12(6-11)5-10(14)15/h5-12H2,1-4H3;12H,4-11H2,1-3H3;2*11,16H,3-10H2,1-2H3;10,15H,3-9H2,1-2H3;9H,3-8H2,1-2H3,(H,14,15). The third-order valence-corrected chi connectivity index (χ3v) is 24.9. The van der Waals surface area contributed by atoms with E-state index >= 15 is 0 Å². The van der Waals surface area contributed by atoms with Crippen LogP contribution in [0.2, 0.25) is 0 Å². The molecule has 0 aromatic carbocycles. The molecule has 0 saturated carbocycles. The first-order valence-corrected chi connectivity index (χ1v) is 38.4. The monoisotopic (exact) mass is 1360 g/mol. The van der Waals surface area contributed by atoms with E-state index in [0.717, 1.165) is 91.6 Å². The van der Waals surface area contributed by atoms with Gasteiger partial charge < -0.3 is 35.1 Å². The van der Waals surface area contributed by atoms with Gasteiger partial charge in [-0.3, -0.25) is 58.5 Å². The van der Waals surface area contributed by atoms with Crippen molar-refractivity contribution in [3.05, 3.63) is 37.0 Å². The van der Waals surface area contributed by atoms with Crippen molar-refractivity contribution in [2.75, 3.05) is 196 Å². The van der Waals surface area contributed by atoms with E-state index < -0.39 is 5.97 Å². The molecule has 0 radical (unpaired) electrons. The first-order valence-electron chi connectivity index (χ1n) is 38.4.